The summed E-state index contributed by atoms with van der Waals surface area (Å²) >= 11 is 0. The Morgan fingerprint density at radius 1 is 0.842 bits per heavy atom. The number of benzene rings is 1. The molecule has 1 aliphatic rings. The van der Waals surface area contributed by atoms with Crippen molar-refractivity contribution in [2.45, 2.75) is 44.9 Å². The van der Waals surface area contributed by atoms with Crippen LogP contribution in [-0.4, -0.2) is 31.1 Å². The Bertz CT molecular complexity index is 339. The van der Waals surface area contributed by atoms with Crippen molar-refractivity contribution in [1.29, 1.82) is 0 Å². The van der Waals surface area contributed by atoms with Crippen molar-refractivity contribution in [2.24, 2.45) is 5.73 Å². The summed E-state index contributed by atoms with van der Waals surface area (Å²) in [6.07, 6.45) is 8.92. The summed E-state index contributed by atoms with van der Waals surface area (Å²) in [5.41, 5.74) is 8.46. The molecule has 1 aromatic rings. The van der Waals surface area contributed by atoms with Gasteiger partial charge in [0.1, 0.15) is 0 Å². The van der Waals surface area contributed by atoms with Gasteiger partial charge >= 0.3 is 0 Å². The molecule has 0 saturated carbocycles. The van der Waals surface area contributed by atoms with E-state index in [0.29, 0.717) is 0 Å². The second-order valence-electron chi connectivity index (χ2n) is 5.71. The number of piperidine rings is 1. The Balaban J connectivity index is 1.71. The van der Waals surface area contributed by atoms with Crippen molar-refractivity contribution in [3.05, 3.63) is 35.4 Å². The van der Waals surface area contributed by atoms with Crippen LogP contribution in [0.2, 0.25) is 0 Å². The number of likely N-dealkylation sites (tertiary alicyclic amines) is 1. The molecule has 0 radical (unpaired) electrons. The Kier molecular flexibility index (Phi) is 6.38. The van der Waals surface area contributed by atoms with Gasteiger partial charge in [-0.05, 0) is 69.3 Å². The van der Waals surface area contributed by atoms with Crippen molar-refractivity contribution in [3.63, 3.8) is 0 Å². The van der Waals surface area contributed by atoms with Crippen molar-refractivity contribution in [1.82, 2.24) is 4.90 Å². The van der Waals surface area contributed by atoms with E-state index in [1.165, 1.54) is 69.3 Å². The lowest BCUT2D eigenvalue weighted by molar-refractivity contribution is 0.231. The first-order valence-corrected chi connectivity index (χ1v) is 7.89. The Hall–Kier alpha value is -0.860. The zero-order valence-electron chi connectivity index (χ0n) is 12.1. The summed E-state index contributed by atoms with van der Waals surface area (Å²) in [6, 6.07) is 9.20. The number of nitrogens with zero attached hydrogens (tertiary/aromatic N) is 1. The fourth-order valence-corrected chi connectivity index (χ4v) is 2.82. The van der Waals surface area contributed by atoms with Gasteiger partial charge in [0, 0.05) is 6.54 Å². The third kappa shape index (κ3) is 5.33. The molecular formula is C17H28N2. The maximum atomic E-state index is 5.52. The van der Waals surface area contributed by atoms with Gasteiger partial charge in [-0.15, -0.1) is 0 Å². The zero-order valence-corrected chi connectivity index (χ0v) is 12.1. The smallest absolute Gasteiger partial charge is 0.00218 e. The molecule has 0 amide bonds. The van der Waals surface area contributed by atoms with E-state index in [0.717, 1.165) is 13.0 Å². The quantitative estimate of drug-likeness (QED) is 0.764. The summed E-state index contributed by atoms with van der Waals surface area (Å²) in [5.74, 6) is 0. The lowest BCUT2D eigenvalue weighted by Gasteiger charge is -2.26. The van der Waals surface area contributed by atoms with Crippen LogP contribution >= 0.6 is 0 Å². The first-order valence-electron chi connectivity index (χ1n) is 7.89. The molecule has 1 fully saturated rings. The van der Waals surface area contributed by atoms with Gasteiger partial charge in [-0.25, -0.2) is 0 Å². The molecule has 19 heavy (non-hydrogen) atoms. The third-order valence-electron chi connectivity index (χ3n) is 4.11. The second-order valence-corrected chi connectivity index (χ2v) is 5.71. The molecule has 0 bridgehead atoms. The van der Waals surface area contributed by atoms with E-state index in [4.69, 9.17) is 5.73 Å². The largest absolute Gasteiger partial charge is 0.330 e. The predicted molar refractivity (Wildman–Crippen MR) is 82.4 cm³/mol. The molecule has 0 aliphatic carbocycles. The molecule has 0 atom stereocenters. The molecule has 1 aromatic carbocycles. The molecule has 1 heterocycles. The molecular weight excluding hydrogens is 232 g/mol. The van der Waals surface area contributed by atoms with Gasteiger partial charge in [0.25, 0.3) is 0 Å². The fraction of sp³-hybridized carbons (Fsp3) is 0.647. The van der Waals surface area contributed by atoms with Crippen molar-refractivity contribution in [3.8, 4) is 0 Å². The molecule has 2 N–H and O–H groups in total. The molecule has 0 aromatic heterocycles. The minimum absolute atomic E-state index is 0.813. The Morgan fingerprint density at radius 3 is 2.11 bits per heavy atom. The fourth-order valence-electron chi connectivity index (χ4n) is 2.82. The number of hydrogen-bond donors (Lipinski definition) is 1. The third-order valence-corrected chi connectivity index (χ3v) is 4.11. The molecule has 1 aliphatic heterocycles. The number of nitrogens with two attached hydrogens (primary N) is 1. The Labute approximate surface area is 118 Å². The molecule has 106 valence electrons. The van der Waals surface area contributed by atoms with E-state index >= 15 is 0 Å². The first kappa shape index (κ1) is 14.5. The van der Waals surface area contributed by atoms with E-state index in [9.17, 15) is 0 Å². The highest BCUT2D eigenvalue weighted by atomic mass is 15.1. The maximum Gasteiger partial charge on any atom is 0.00218 e. The lowest BCUT2D eigenvalue weighted by atomic mass is 10.0. The monoisotopic (exact) mass is 260 g/mol. The summed E-state index contributed by atoms with van der Waals surface area (Å²) in [4.78, 5) is 2.61. The topological polar surface area (TPSA) is 29.3 Å². The first-order chi connectivity index (χ1) is 9.38. The van der Waals surface area contributed by atoms with Crippen LogP contribution in [0.4, 0.5) is 0 Å². The number of rotatable bonds is 7. The molecule has 0 unspecified atom stereocenters. The van der Waals surface area contributed by atoms with Crippen LogP contribution in [0.3, 0.4) is 0 Å². The van der Waals surface area contributed by atoms with Crippen LogP contribution in [0.25, 0.3) is 0 Å². The summed E-state index contributed by atoms with van der Waals surface area (Å²) < 4.78 is 0. The van der Waals surface area contributed by atoms with Crippen LogP contribution in [0.5, 0.6) is 0 Å². The summed E-state index contributed by atoms with van der Waals surface area (Å²) in [5, 5.41) is 0. The van der Waals surface area contributed by atoms with Gasteiger partial charge in [0.15, 0.2) is 0 Å². The Morgan fingerprint density at radius 2 is 1.47 bits per heavy atom. The van der Waals surface area contributed by atoms with E-state index in [1.54, 1.807) is 0 Å². The number of hydrogen-bond acceptors (Lipinski definition) is 2. The van der Waals surface area contributed by atoms with Crippen LogP contribution in [-0.2, 0) is 12.8 Å². The van der Waals surface area contributed by atoms with Gasteiger partial charge in [0.2, 0.25) is 0 Å². The van der Waals surface area contributed by atoms with Gasteiger partial charge in [0.05, 0.1) is 0 Å². The lowest BCUT2D eigenvalue weighted by Crippen LogP contribution is -2.31. The highest BCUT2D eigenvalue weighted by molar-refractivity contribution is 5.22. The molecule has 2 rings (SSSR count). The molecule has 0 spiro atoms. The van der Waals surface area contributed by atoms with Gasteiger partial charge in [-0.2, -0.15) is 0 Å². The standard InChI is InChI=1S/C17H28N2/c18-12-3-2-6-16-7-9-17(10-8-16)11-15-19-13-4-1-5-14-19/h7-10H,1-6,11-15,18H2. The van der Waals surface area contributed by atoms with Crippen LogP contribution in [0.1, 0.15) is 43.2 Å². The normalized spacial score (nSPS) is 16.7. The van der Waals surface area contributed by atoms with Gasteiger partial charge in [-0.1, -0.05) is 30.7 Å². The summed E-state index contributed by atoms with van der Waals surface area (Å²) in [7, 11) is 0. The van der Waals surface area contributed by atoms with Gasteiger partial charge in [-0.3, -0.25) is 0 Å². The van der Waals surface area contributed by atoms with E-state index in [-0.39, 0.29) is 0 Å². The molecule has 2 heteroatoms. The zero-order chi connectivity index (χ0) is 13.3. The van der Waals surface area contributed by atoms with Crippen molar-refractivity contribution >= 4 is 0 Å². The predicted octanol–water partition coefficient (Wildman–Crippen LogP) is 3.00. The van der Waals surface area contributed by atoms with Gasteiger partial charge < -0.3 is 10.6 Å². The average Bonchev–Trinajstić information content (AvgIpc) is 2.48. The van der Waals surface area contributed by atoms with Crippen molar-refractivity contribution < 1.29 is 0 Å². The maximum absolute atomic E-state index is 5.52. The SMILES string of the molecule is NCCCCc1ccc(CCN2CCCCC2)cc1. The van der Waals surface area contributed by atoms with Crippen LogP contribution in [0.15, 0.2) is 24.3 Å². The molecule has 2 nitrogen and oxygen atoms in total. The molecule has 1 saturated heterocycles. The average molecular weight is 260 g/mol. The van der Waals surface area contributed by atoms with Crippen LogP contribution < -0.4 is 5.73 Å². The van der Waals surface area contributed by atoms with Crippen molar-refractivity contribution in [2.75, 3.05) is 26.2 Å². The highest BCUT2D eigenvalue weighted by Crippen LogP contribution is 2.12. The number of aryl methyl sites for hydroxylation is 1. The second kappa shape index (κ2) is 8.34. The highest BCUT2D eigenvalue weighted by Gasteiger charge is 2.09. The van der Waals surface area contributed by atoms with E-state index < -0.39 is 0 Å². The minimum atomic E-state index is 0.813. The summed E-state index contributed by atoms with van der Waals surface area (Å²) in [6.45, 7) is 4.65. The minimum Gasteiger partial charge on any atom is -0.330 e. The van der Waals surface area contributed by atoms with Crippen LogP contribution in [0, 0.1) is 0 Å². The van der Waals surface area contributed by atoms with E-state index in [1.807, 2.05) is 0 Å². The van der Waals surface area contributed by atoms with E-state index in [2.05, 4.69) is 29.2 Å². The number of unbranched alkanes of at least 4 members (excludes halogenated alkanes) is 1.